The summed E-state index contributed by atoms with van der Waals surface area (Å²) >= 11 is 0. The van der Waals surface area contributed by atoms with Gasteiger partial charge in [0.15, 0.2) is 11.4 Å². The average Bonchev–Trinajstić information content (AvgIpc) is 2.54. The Labute approximate surface area is 164 Å². The van der Waals surface area contributed by atoms with E-state index in [9.17, 15) is 18.3 Å². The molecule has 3 aromatic rings. The normalized spacial score (nSPS) is 11.6. The molecular weight excluding hydrogens is 357 g/mol. The molecule has 0 spiro atoms. The third-order valence-corrected chi connectivity index (χ3v) is 4.14. The fourth-order valence-electron chi connectivity index (χ4n) is 2.10. The van der Waals surface area contributed by atoms with Crippen molar-refractivity contribution < 1.29 is 47.6 Å². The first-order valence-corrected chi connectivity index (χ1v) is 8.13. The summed E-state index contributed by atoms with van der Waals surface area (Å²) in [6.45, 7) is 0. The third kappa shape index (κ3) is 4.14. The smallest absolute Gasteiger partial charge is 0.505 e. The number of aromatic nitrogens is 1. The maximum absolute atomic E-state index is 12.0. The molecule has 8 nitrogen and oxygen atoms in total. The van der Waals surface area contributed by atoms with E-state index >= 15 is 0 Å². The molecule has 0 amide bonds. The van der Waals surface area contributed by atoms with E-state index in [1.165, 1.54) is 12.1 Å². The summed E-state index contributed by atoms with van der Waals surface area (Å²) in [5, 5.41) is 18.1. The van der Waals surface area contributed by atoms with Crippen molar-refractivity contribution in [2.45, 2.75) is 4.90 Å². The summed E-state index contributed by atoms with van der Waals surface area (Å²) in [6.07, 6.45) is 0. The molecule has 25 heavy (non-hydrogen) atoms. The molecule has 122 valence electrons. The largest absolute Gasteiger partial charge is 1.00 e. The number of aromatic amines is 1. The van der Waals surface area contributed by atoms with Crippen LogP contribution in [0, 0.1) is 0 Å². The minimum absolute atomic E-state index is 0. The van der Waals surface area contributed by atoms with E-state index in [4.69, 9.17) is 4.55 Å². The zero-order chi connectivity index (χ0) is 17.3. The van der Waals surface area contributed by atoms with Gasteiger partial charge in [0.1, 0.15) is 0 Å². The number of para-hydroxylation sites is 1. The second kappa shape index (κ2) is 7.46. The number of benzene rings is 2. The Morgan fingerprint density at radius 1 is 0.960 bits per heavy atom. The van der Waals surface area contributed by atoms with Gasteiger partial charge >= 0.3 is 29.6 Å². The van der Waals surface area contributed by atoms with Crippen molar-refractivity contribution in [1.82, 2.24) is 4.98 Å². The van der Waals surface area contributed by atoms with E-state index in [0.717, 1.165) is 12.1 Å². The quantitative estimate of drug-likeness (QED) is 0.337. The molecule has 3 N–H and O–H groups in total. The van der Waals surface area contributed by atoms with Gasteiger partial charge in [0.05, 0.1) is 16.1 Å². The van der Waals surface area contributed by atoms with Crippen LogP contribution < -0.4 is 35.1 Å². The fourth-order valence-corrected chi connectivity index (χ4v) is 2.58. The number of fused-ring (bicyclic) bond motifs is 1. The van der Waals surface area contributed by atoms with Gasteiger partial charge in [0.2, 0.25) is 0 Å². The number of nitrogens with one attached hydrogen (secondary N) is 1. The Morgan fingerprint density at radius 2 is 1.60 bits per heavy atom. The van der Waals surface area contributed by atoms with E-state index in [-0.39, 0.29) is 51.6 Å². The van der Waals surface area contributed by atoms with Gasteiger partial charge in [-0.2, -0.15) is 13.5 Å². The van der Waals surface area contributed by atoms with Crippen LogP contribution in [0.4, 0.5) is 11.4 Å². The zero-order valence-corrected chi connectivity index (χ0v) is 15.9. The molecule has 3 rings (SSSR count). The summed E-state index contributed by atoms with van der Waals surface area (Å²) < 4.78 is 30.8. The maximum atomic E-state index is 12.0. The van der Waals surface area contributed by atoms with Crippen molar-refractivity contribution in [3.8, 4) is 5.75 Å². The van der Waals surface area contributed by atoms with E-state index in [1.54, 1.807) is 24.3 Å². The number of azo groups is 1. The molecule has 0 saturated heterocycles. The van der Waals surface area contributed by atoms with Crippen LogP contribution >= 0.6 is 0 Å². The minimum Gasteiger partial charge on any atom is -0.505 e. The first-order valence-electron chi connectivity index (χ1n) is 6.69. The van der Waals surface area contributed by atoms with E-state index in [0.29, 0.717) is 10.9 Å². The molecule has 0 radical (unpaired) electrons. The first-order chi connectivity index (χ1) is 11.4. The summed E-state index contributed by atoms with van der Waals surface area (Å²) in [6, 6.07) is 11.6. The molecule has 1 heterocycles. The van der Waals surface area contributed by atoms with Crippen LogP contribution in [0.15, 0.2) is 68.4 Å². The van der Waals surface area contributed by atoms with Crippen LogP contribution in [-0.2, 0) is 10.1 Å². The monoisotopic (exact) mass is 368 g/mol. The molecule has 0 unspecified atom stereocenters. The third-order valence-electron chi connectivity index (χ3n) is 3.27. The Balaban J connectivity index is 0.00000225. The number of rotatable bonds is 3. The van der Waals surface area contributed by atoms with Crippen molar-refractivity contribution in [3.63, 3.8) is 0 Å². The Bertz CT molecular complexity index is 1110. The molecule has 0 bridgehead atoms. The van der Waals surface area contributed by atoms with Crippen LogP contribution in [0.1, 0.15) is 0 Å². The van der Waals surface area contributed by atoms with Crippen LogP contribution in [0.3, 0.4) is 0 Å². The summed E-state index contributed by atoms with van der Waals surface area (Å²) in [4.78, 5) is 14.3. The first kappa shape index (κ1) is 19.3. The van der Waals surface area contributed by atoms with Gasteiger partial charge in [-0.25, -0.2) is 0 Å². The van der Waals surface area contributed by atoms with Crippen molar-refractivity contribution in [1.29, 1.82) is 0 Å². The van der Waals surface area contributed by atoms with Gasteiger partial charge in [-0.1, -0.05) is 12.1 Å². The molecular formula is C15H11N3NaO5S+. The fraction of sp³-hybridized carbons (Fsp3) is 0. The predicted molar refractivity (Wildman–Crippen MR) is 86.7 cm³/mol. The van der Waals surface area contributed by atoms with Crippen molar-refractivity contribution in [2.24, 2.45) is 10.2 Å². The number of nitrogens with zero attached hydrogens (tertiary/aromatic N) is 2. The van der Waals surface area contributed by atoms with Gasteiger partial charge in [-0.3, -0.25) is 9.35 Å². The molecule has 0 aliphatic heterocycles. The Morgan fingerprint density at radius 3 is 2.24 bits per heavy atom. The maximum Gasteiger partial charge on any atom is 1.00 e. The zero-order valence-electron chi connectivity index (χ0n) is 13.0. The number of hydrogen-bond acceptors (Lipinski definition) is 6. The summed E-state index contributed by atoms with van der Waals surface area (Å²) in [5.41, 5.74) is -0.150. The number of H-pyrrole nitrogens is 1. The predicted octanol–water partition coefficient (Wildman–Crippen LogP) is -0.100. The van der Waals surface area contributed by atoms with Gasteiger partial charge < -0.3 is 10.1 Å². The number of pyridine rings is 1. The van der Waals surface area contributed by atoms with E-state index < -0.39 is 15.7 Å². The average molecular weight is 368 g/mol. The van der Waals surface area contributed by atoms with Crippen LogP contribution in [0.25, 0.3) is 10.9 Å². The van der Waals surface area contributed by atoms with Gasteiger partial charge in [0.25, 0.3) is 15.7 Å². The second-order valence-corrected chi connectivity index (χ2v) is 6.29. The number of hydrogen-bond donors (Lipinski definition) is 3. The van der Waals surface area contributed by atoms with Crippen molar-refractivity contribution in [2.75, 3.05) is 0 Å². The van der Waals surface area contributed by atoms with Gasteiger partial charge in [-0.05, 0) is 36.4 Å². The molecule has 0 saturated carbocycles. The second-order valence-electron chi connectivity index (χ2n) is 4.87. The Kier molecular flexibility index (Phi) is 5.76. The molecule has 0 atom stereocenters. The molecule has 1 aromatic heterocycles. The number of aromatic hydroxyl groups is 1. The summed E-state index contributed by atoms with van der Waals surface area (Å²) in [5.74, 6) is -0.298. The van der Waals surface area contributed by atoms with Gasteiger partial charge in [0, 0.05) is 5.39 Å². The topological polar surface area (TPSA) is 132 Å². The van der Waals surface area contributed by atoms with Crippen molar-refractivity contribution in [3.05, 3.63) is 58.9 Å². The SMILES string of the molecule is O=c1[nH]c2ccccc2c(O)c1N=Nc1ccc(S(=O)(=O)O)cc1.[Na+]. The molecule has 0 aliphatic rings. The molecule has 0 fully saturated rings. The standard InChI is InChI=1S/C15H11N3O5S.Na/c19-14-11-3-1-2-4-12(11)16-15(20)13(14)18-17-9-5-7-10(8-6-9)24(21,22)23;/h1-8H,(H2,16,19,20)(H,21,22,23);/q;+1. The van der Waals surface area contributed by atoms with E-state index in [2.05, 4.69) is 15.2 Å². The molecule has 0 aliphatic carbocycles. The Hall–Kier alpha value is -2.04. The molecule has 2 aromatic carbocycles. The van der Waals surface area contributed by atoms with Crippen LogP contribution in [0.5, 0.6) is 5.75 Å². The molecule has 10 heteroatoms. The van der Waals surface area contributed by atoms with Crippen molar-refractivity contribution >= 4 is 32.4 Å². The minimum atomic E-state index is -4.29. The van der Waals surface area contributed by atoms with E-state index in [1.807, 2.05) is 0 Å². The summed E-state index contributed by atoms with van der Waals surface area (Å²) in [7, 11) is -4.29. The van der Waals surface area contributed by atoms with Crippen LogP contribution in [0.2, 0.25) is 0 Å². The van der Waals surface area contributed by atoms with Crippen LogP contribution in [-0.4, -0.2) is 23.1 Å². The van der Waals surface area contributed by atoms with Gasteiger partial charge in [-0.15, -0.1) is 5.11 Å².